The van der Waals surface area contributed by atoms with Gasteiger partial charge in [-0.25, -0.2) is 8.42 Å². The Hall–Kier alpha value is -4.36. The molecule has 3 nitrogen and oxygen atoms in total. The molecule has 1 aromatic heterocycles. The number of alkyl halides is 3. The Labute approximate surface area is 217 Å². The molecule has 0 saturated heterocycles. The zero-order chi connectivity index (χ0) is 26.5. The normalized spacial score (nSPS) is 12.3. The van der Waals surface area contributed by atoms with E-state index in [2.05, 4.69) is 24.3 Å². The van der Waals surface area contributed by atoms with Crippen LogP contribution in [-0.2, 0) is 9.84 Å². The van der Waals surface area contributed by atoms with Crippen molar-refractivity contribution in [1.82, 2.24) is 4.57 Å². The number of nitrogens with zero attached hydrogens (tertiary/aromatic N) is 1. The number of halogens is 3. The Morgan fingerprint density at radius 3 is 1.45 bits per heavy atom. The van der Waals surface area contributed by atoms with Crippen LogP contribution in [0.4, 0.5) is 13.2 Å². The summed E-state index contributed by atoms with van der Waals surface area (Å²) in [5.41, 5.74) is -0.950. The number of sulfone groups is 1. The van der Waals surface area contributed by atoms with Gasteiger partial charge in [0, 0.05) is 29.2 Å². The molecule has 6 rings (SSSR count). The smallest absolute Gasteiger partial charge is 0.323 e. The van der Waals surface area contributed by atoms with Gasteiger partial charge in [-0.05, 0) is 69.1 Å². The van der Waals surface area contributed by atoms with Gasteiger partial charge in [-0.15, -0.1) is 0 Å². The number of benzene rings is 5. The molecule has 0 spiro atoms. The van der Waals surface area contributed by atoms with E-state index in [4.69, 9.17) is 0 Å². The number of rotatable bonds is 4. The van der Waals surface area contributed by atoms with E-state index >= 15 is 0 Å². The van der Waals surface area contributed by atoms with Crippen molar-refractivity contribution >= 4 is 31.4 Å². The van der Waals surface area contributed by atoms with Gasteiger partial charge >= 0.3 is 5.51 Å². The molecule has 6 aromatic rings. The van der Waals surface area contributed by atoms with Crippen molar-refractivity contribution in [1.29, 1.82) is 0 Å². The summed E-state index contributed by atoms with van der Waals surface area (Å²) in [5, 5.41) is 4.40. The molecular formula is C31H20F3NO2S. The zero-order valence-electron chi connectivity index (χ0n) is 19.9. The molecular weight excluding hydrogens is 507 g/mol. The van der Waals surface area contributed by atoms with Crippen LogP contribution in [0.25, 0.3) is 49.5 Å². The largest absolute Gasteiger partial charge is 0.501 e. The Kier molecular flexibility index (Phi) is 5.61. The lowest BCUT2D eigenvalue weighted by Gasteiger charge is -2.09. The van der Waals surface area contributed by atoms with Crippen molar-refractivity contribution in [2.75, 3.05) is 0 Å². The monoisotopic (exact) mass is 527 g/mol. The number of hydrogen-bond donors (Lipinski definition) is 0. The van der Waals surface area contributed by atoms with E-state index in [0.717, 1.165) is 55.9 Å². The highest BCUT2D eigenvalue weighted by atomic mass is 32.2. The van der Waals surface area contributed by atoms with E-state index in [9.17, 15) is 21.6 Å². The van der Waals surface area contributed by atoms with E-state index in [-0.39, 0.29) is 0 Å². The summed E-state index contributed by atoms with van der Waals surface area (Å²) in [6, 6.07) is 33.3. The van der Waals surface area contributed by atoms with Crippen molar-refractivity contribution in [3.63, 3.8) is 0 Å². The lowest BCUT2D eigenvalue weighted by atomic mass is 9.96. The zero-order valence-corrected chi connectivity index (χ0v) is 20.7. The van der Waals surface area contributed by atoms with E-state index < -0.39 is 20.2 Å². The molecule has 0 aliphatic carbocycles. The SMILES string of the molecule is O=S(=O)(c1ccc(-n2cc(-c3ccc4ccccc4c3)c(-c3ccc4ccccc4c3)c2)cc1)C(F)(F)F. The van der Waals surface area contributed by atoms with E-state index in [1.165, 1.54) is 12.1 Å². The highest BCUT2D eigenvalue weighted by Gasteiger charge is 2.46. The maximum absolute atomic E-state index is 13.0. The molecule has 5 aromatic carbocycles. The average molecular weight is 528 g/mol. The lowest BCUT2D eigenvalue weighted by molar-refractivity contribution is -0.0436. The summed E-state index contributed by atoms with van der Waals surface area (Å²) >= 11 is 0. The van der Waals surface area contributed by atoms with Gasteiger partial charge in [0.1, 0.15) is 0 Å². The fraction of sp³-hybridized carbons (Fsp3) is 0.0323. The van der Waals surface area contributed by atoms with E-state index in [0.29, 0.717) is 5.69 Å². The van der Waals surface area contributed by atoms with Crippen LogP contribution in [0.15, 0.2) is 126 Å². The van der Waals surface area contributed by atoms with Gasteiger partial charge in [0.25, 0.3) is 9.84 Å². The van der Waals surface area contributed by atoms with Crippen LogP contribution >= 0.6 is 0 Å². The third-order valence-corrected chi connectivity index (χ3v) is 8.20. The van der Waals surface area contributed by atoms with Crippen LogP contribution in [0.3, 0.4) is 0 Å². The van der Waals surface area contributed by atoms with Crippen molar-refractivity contribution in [3.8, 4) is 27.9 Å². The second-order valence-electron chi connectivity index (χ2n) is 9.06. The van der Waals surface area contributed by atoms with Crippen molar-refractivity contribution in [2.24, 2.45) is 0 Å². The molecule has 0 aliphatic rings. The minimum atomic E-state index is -5.42. The summed E-state index contributed by atoms with van der Waals surface area (Å²) < 4.78 is 64.4. The first-order valence-electron chi connectivity index (χ1n) is 11.8. The number of hydrogen-bond acceptors (Lipinski definition) is 2. The Bertz CT molecular complexity index is 1820. The van der Waals surface area contributed by atoms with Crippen LogP contribution in [0.1, 0.15) is 0 Å². The topological polar surface area (TPSA) is 39.1 Å². The van der Waals surface area contributed by atoms with Gasteiger partial charge in [0.2, 0.25) is 0 Å². The summed E-state index contributed by atoms with van der Waals surface area (Å²) in [6.07, 6.45) is 3.84. The van der Waals surface area contributed by atoms with Crippen molar-refractivity contribution < 1.29 is 21.6 Å². The van der Waals surface area contributed by atoms with Gasteiger partial charge in [-0.3, -0.25) is 0 Å². The fourth-order valence-electron chi connectivity index (χ4n) is 4.71. The highest BCUT2D eigenvalue weighted by Crippen LogP contribution is 2.37. The summed E-state index contributed by atoms with van der Waals surface area (Å²) in [6.45, 7) is 0. The van der Waals surface area contributed by atoms with E-state index in [1.54, 1.807) is 4.57 Å². The standard InChI is InChI=1S/C31H20F3NO2S/c32-31(33,34)38(36,37)28-15-13-27(14-16-28)35-19-29(25-11-9-21-5-1-3-7-23(21)17-25)30(20-35)26-12-10-22-6-2-4-8-24(22)18-26/h1-20H. The van der Waals surface area contributed by atoms with Crippen LogP contribution in [0, 0.1) is 0 Å². The predicted octanol–water partition coefficient (Wildman–Crippen LogP) is 8.41. The molecule has 0 N–H and O–H groups in total. The minimum absolute atomic E-state index is 0.542. The fourth-order valence-corrected chi connectivity index (χ4v) is 5.47. The molecule has 0 saturated carbocycles. The Balaban J connectivity index is 1.51. The molecule has 0 unspecified atom stereocenters. The maximum Gasteiger partial charge on any atom is 0.501 e. The molecule has 0 radical (unpaired) electrons. The summed E-state index contributed by atoms with van der Waals surface area (Å²) in [7, 11) is -5.42. The first-order valence-corrected chi connectivity index (χ1v) is 13.3. The van der Waals surface area contributed by atoms with Crippen LogP contribution in [0.5, 0.6) is 0 Å². The third-order valence-electron chi connectivity index (χ3n) is 6.70. The van der Waals surface area contributed by atoms with Gasteiger partial charge in [-0.1, -0.05) is 72.8 Å². The molecule has 0 bridgehead atoms. The number of fused-ring (bicyclic) bond motifs is 2. The Morgan fingerprint density at radius 1 is 0.553 bits per heavy atom. The first-order chi connectivity index (χ1) is 18.2. The quantitative estimate of drug-likeness (QED) is 0.231. The van der Waals surface area contributed by atoms with Gasteiger partial charge in [0.05, 0.1) is 4.90 Å². The second kappa shape index (κ2) is 8.89. The Morgan fingerprint density at radius 2 is 1.00 bits per heavy atom. The van der Waals surface area contributed by atoms with Crippen LogP contribution in [0.2, 0.25) is 0 Å². The molecule has 0 atom stereocenters. The number of aromatic nitrogens is 1. The predicted molar refractivity (Wildman–Crippen MR) is 145 cm³/mol. The van der Waals surface area contributed by atoms with Crippen LogP contribution < -0.4 is 0 Å². The molecule has 1 heterocycles. The van der Waals surface area contributed by atoms with E-state index in [1.807, 2.05) is 73.1 Å². The van der Waals surface area contributed by atoms with Crippen LogP contribution in [-0.4, -0.2) is 18.5 Å². The second-order valence-corrected chi connectivity index (χ2v) is 11.0. The maximum atomic E-state index is 13.0. The highest BCUT2D eigenvalue weighted by molar-refractivity contribution is 7.92. The van der Waals surface area contributed by atoms with Gasteiger partial charge in [-0.2, -0.15) is 13.2 Å². The molecule has 0 fully saturated rings. The molecule has 0 amide bonds. The summed E-state index contributed by atoms with van der Waals surface area (Å²) in [4.78, 5) is -0.787. The molecule has 188 valence electrons. The third kappa shape index (κ3) is 4.15. The van der Waals surface area contributed by atoms with Gasteiger partial charge < -0.3 is 4.57 Å². The van der Waals surface area contributed by atoms with Crippen molar-refractivity contribution in [3.05, 3.63) is 122 Å². The van der Waals surface area contributed by atoms with Gasteiger partial charge in [0.15, 0.2) is 0 Å². The average Bonchev–Trinajstić information content (AvgIpc) is 3.37. The molecule has 7 heteroatoms. The lowest BCUT2D eigenvalue weighted by Crippen LogP contribution is -2.23. The summed E-state index contributed by atoms with van der Waals surface area (Å²) in [5.74, 6) is 0. The molecule has 0 aliphatic heterocycles. The first kappa shape index (κ1) is 24.0. The molecule has 38 heavy (non-hydrogen) atoms. The van der Waals surface area contributed by atoms with Crippen molar-refractivity contribution in [2.45, 2.75) is 10.4 Å². The minimum Gasteiger partial charge on any atom is -0.323 e.